The van der Waals surface area contributed by atoms with E-state index < -0.39 is 6.04 Å². The summed E-state index contributed by atoms with van der Waals surface area (Å²) in [6.45, 7) is 2.91. The average molecular weight is 608 g/mol. The first-order valence-corrected chi connectivity index (χ1v) is 14.4. The van der Waals surface area contributed by atoms with Crippen LogP contribution in [0.5, 0.6) is 0 Å². The standard InChI is InChI=1S/C28H29BrCl2N2O2S/c1-2-13-32-28(35)26(16-20-7-4-3-5-8-20)33(17-21-9-6-10-23(29)14-21)27(34)19-36-18-22-11-12-24(30)25(31)15-22/h3-12,14-15,26H,2,13,16-19H2,1H3,(H,32,35)/t26-/m0/s1. The van der Waals surface area contributed by atoms with E-state index in [1.165, 1.54) is 11.8 Å². The lowest BCUT2D eigenvalue weighted by Gasteiger charge is -2.31. The van der Waals surface area contributed by atoms with Gasteiger partial charge in [-0.3, -0.25) is 9.59 Å². The lowest BCUT2D eigenvalue weighted by Crippen LogP contribution is -2.51. The van der Waals surface area contributed by atoms with E-state index in [4.69, 9.17) is 23.2 Å². The van der Waals surface area contributed by atoms with Crippen LogP contribution in [0.1, 0.15) is 30.0 Å². The summed E-state index contributed by atoms with van der Waals surface area (Å²) in [5, 5.41) is 4.00. The fraction of sp³-hybridized carbons (Fsp3) is 0.286. The number of amides is 2. The van der Waals surface area contributed by atoms with Gasteiger partial charge in [-0.05, 0) is 47.4 Å². The molecule has 0 radical (unpaired) electrons. The minimum Gasteiger partial charge on any atom is -0.354 e. The summed E-state index contributed by atoms with van der Waals surface area (Å²) < 4.78 is 0.927. The van der Waals surface area contributed by atoms with Gasteiger partial charge < -0.3 is 10.2 Å². The van der Waals surface area contributed by atoms with Gasteiger partial charge in [0, 0.05) is 29.7 Å². The van der Waals surface area contributed by atoms with Crippen molar-refractivity contribution in [2.24, 2.45) is 0 Å². The van der Waals surface area contributed by atoms with Crippen LogP contribution in [0.2, 0.25) is 10.0 Å². The molecule has 1 atom stereocenters. The molecule has 2 amide bonds. The van der Waals surface area contributed by atoms with Gasteiger partial charge in [-0.25, -0.2) is 0 Å². The summed E-state index contributed by atoms with van der Waals surface area (Å²) in [7, 11) is 0. The Kier molecular flexibility index (Phi) is 11.6. The number of benzene rings is 3. The number of thioether (sulfide) groups is 1. The Labute approximate surface area is 235 Å². The molecular formula is C28H29BrCl2N2O2S. The number of rotatable bonds is 12. The third-order valence-electron chi connectivity index (χ3n) is 5.54. The smallest absolute Gasteiger partial charge is 0.243 e. The third-order valence-corrected chi connectivity index (χ3v) is 7.76. The number of nitrogens with zero attached hydrogens (tertiary/aromatic N) is 1. The molecule has 0 saturated heterocycles. The molecule has 4 nitrogen and oxygen atoms in total. The van der Waals surface area contributed by atoms with Crippen LogP contribution < -0.4 is 5.32 Å². The first-order valence-electron chi connectivity index (χ1n) is 11.7. The van der Waals surface area contributed by atoms with Gasteiger partial charge >= 0.3 is 0 Å². The molecule has 3 aromatic rings. The van der Waals surface area contributed by atoms with Crippen LogP contribution in [0.3, 0.4) is 0 Å². The highest BCUT2D eigenvalue weighted by Gasteiger charge is 2.30. The zero-order valence-electron chi connectivity index (χ0n) is 20.1. The molecule has 8 heteroatoms. The van der Waals surface area contributed by atoms with Crippen molar-refractivity contribution in [1.29, 1.82) is 0 Å². The maximum atomic E-state index is 13.6. The van der Waals surface area contributed by atoms with Crippen molar-refractivity contribution in [2.45, 2.75) is 38.1 Å². The molecule has 0 fully saturated rings. The Morgan fingerprint density at radius 1 is 0.944 bits per heavy atom. The molecule has 0 spiro atoms. The zero-order valence-corrected chi connectivity index (χ0v) is 24.0. The van der Waals surface area contributed by atoms with Crippen molar-refractivity contribution in [3.8, 4) is 0 Å². The Hall–Kier alpha value is -1.99. The summed E-state index contributed by atoms with van der Waals surface area (Å²) in [5.74, 6) is 0.616. The molecule has 0 aliphatic heterocycles. The second-order valence-electron chi connectivity index (χ2n) is 8.39. The van der Waals surface area contributed by atoms with E-state index >= 15 is 0 Å². The first-order chi connectivity index (χ1) is 17.4. The van der Waals surface area contributed by atoms with Crippen molar-refractivity contribution in [1.82, 2.24) is 10.2 Å². The van der Waals surface area contributed by atoms with E-state index in [-0.39, 0.29) is 17.6 Å². The number of halogens is 3. The van der Waals surface area contributed by atoms with E-state index in [0.29, 0.717) is 35.3 Å². The van der Waals surface area contributed by atoms with Gasteiger partial charge in [0.2, 0.25) is 11.8 Å². The van der Waals surface area contributed by atoms with Gasteiger partial charge in [0.15, 0.2) is 0 Å². The normalized spacial score (nSPS) is 11.7. The van der Waals surface area contributed by atoms with Crippen molar-refractivity contribution in [3.63, 3.8) is 0 Å². The molecule has 0 aromatic heterocycles. The fourth-order valence-electron chi connectivity index (χ4n) is 3.72. The maximum absolute atomic E-state index is 13.6. The van der Waals surface area contributed by atoms with Crippen LogP contribution in [-0.2, 0) is 28.3 Å². The summed E-state index contributed by atoms with van der Waals surface area (Å²) in [4.78, 5) is 28.7. The SMILES string of the molecule is CCCNC(=O)[C@H](Cc1ccccc1)N(Cc1cccc(Br)c1)C(=O)CSCc1ccc(Cl)c(Cl)c1. The first kappa shape index (κ1) is 28.6. The molecule has 3 rings (SSSR count). The average Bonchev–Trinajstić information content (AvgIpc) is 2.87. The molecule has 0 heterocycles. The highest BCUT2D eigenvalue weighted by atomic mass is 79.9. The molecule has 0 aliphatic carbocycles. The predicted molar refractivity (Wildman–Crippen MR) is 155 cm³/mol. The Bertz CT molecular complexity index is 1160. The summed E-state index contributed by atoms with van der Waals surface area (Å²) in [5.41, 5.74) is 2.94. The van der Waals surface area contributed by atoms with Crippen molar-refractivity contribution in [2.75, 3.05) is 12.3 Å². The van der Waals surface area contributed by atoms with Gasteiger partial charge in [0.05, 0.1) is 15.8 Å². The van der Waals surface area contributed by atoms with Crippen molar-refractivity contribution < 1.29 is 9.59 Å². The van der Waals surface area contributed by atoms with E-state index in [1.807, 2.05) is 73.7 Å². The van der Waals surface area contributed by atoms with Crippen LogP contribution in [-0.4, -0.2) is 35.1 Å². The van der Waals surface area contributed by atoms with E-state index in [9.17, 15) is 9.59 Å². The van der Waals surface area contributed by atoms with E-state index in [2.05, 4.69) is 21.2 Å². The van der Waals surface area contributed by atoms with Gasteiger partial charge in [-0.2, -0.15) is 0 Å². The maximum Gasteiger partial charge on any atom is 0.243 e. The third kappa shape index (κ3) is 8.84. The van der Waals surface area contributed by atoms with Gasteiger partial charge in [-0.15, -0.1) is 11.8 Å². The van der Waals surface area contributed by atoms with Crippen LogP contribution in [0.25, 0.3) is 0 Å². The van der Waals surface area contributed by atoms with Crippen molar-refractivity contribution >= 4 is 62.7 Å². The second-order valence-corrected chi connectivity index (χ2v) is 11.1. The van der Waals surface area contributed by atoms with Gasteiger partial charge in [0.1, 0.15) is 6.04 Å². The fourth-order valence-corrected chi connectivity index (χ4v) is 5.35. The topological polar surface area (TPSA) is 49.4 Å². The number of hydrogen-bond acceptors (Lipinski definition) is 3. The van der Waals surface area contributed by atoms with Gasteiger partial charge in [-0.1, -0.05) is 94.6 Å². The van der Waals surface area contributed by atoms with Crippen LogP contribution in [0.4, 0.5) is 0 Å². The molecule has 0 saturated carbocycles. The lowest BCUT2D eigenvalue weighted by atomic mass is 10.0. The Morgan fingerprint density at radius 3 is 2.39 bits per heavy atom. The molecule has 36 heavy (non-hydrogen) atoms. The minimum atomic E-state index is -0.629. The number of hydrogen-bond donors (Lipinski definition) is 1. The van der Waals surface area contributed by atoms with E-state index in [0.717, 1.165) is 27.6 Å². The molecule has 3 aromatic carbocycles. The number of nitrogens with one attached hydrogen (secondary N) is 1. The minimum absolute atomic E-state index is 0.0902. The number of carbonyl (C=O) groups is 2. The van der Waals surface area contributed by atoms with Crippen LogP contribution in [0.15, 0.2) is 77.3 Å². The van der Waals surface area contributed by atoms with Crippen molar-refractivity contribution in [3.05, 3.63) is 104 Å². The summed E-state index contributed by atoms with van der Waals surface area (Å²) in [6, 6.07) is 22.5. The molecular weight excluding hydrogens is 579 g/mol. The Morgan fingerprint density at radius 2 is 1.69 bits per heavy atom. The molecule has 0 bridgehead atoms. The zero-order chi connectivity index (χ0) is 25.9. The summed E-state index contributed by atoms with van der Waals surface area (Å²) >= 11 is 17.2. The largest absolute Gasteiger partial charge is 0.354 e. The quantitative estimate of drug-likeness (QED) is 0.238. The predicted octanol–water partition coefficient (Wildman–Crippen LogP) is 7.16. The Balaban J connectivity index is 1.83. The van der Waals surface area contributed by atoms with Gasteiger partial charge in [0.25, 0.3) is 0 Å². The molecule has 190 valence electrons. The molecule has 1 N–H and O–H groups in total. The summed E-state index contributed by atoms with van der Waals surface area (Å²) in [6.07, 6.45) is 1.26. The molecule has 0 unspecified atom stereocenters. The lowest BCUT2D eigenvalue weighted by molar-refractivity contribution is -0.139. The second kappa shape index (κ2) is 14.7. The van der Waals surface area contributed by atoms with E-state index in [1.54, 1.807) is 11.0 Å². The van der Waals surface area contributed by atoms with Crippen LogP contribution in [0, 0.1) is 0 Å². The number of carbonyl (C=O) groups excluding carboxylic acids is 2. The highest BCUT2D eigenvalue weighted by molar-refractivity contribution is 9.10. The highest BCUT2D eigenvalue weighted by Crippen LogP contribution is 2.25. The molecule has 0 aliphatic rings. The van der Waals surface area contributed by atoms with Crippen LogP contribution >= 0.6 is 50.9 Å². The monoisotopic (exact) mass is 606 g/mol.